The normalized spacial score (nSPS) is 10.9. The SMILES string of the molecule is Cn1c(-c2csc(NC(=O)CCl)n2)nc2ccccc21. The Balaban J connectivity index is 1.99. The van der Waals surface area contributed by atoms with Crippen molar-refractivity contribution in [3.8, 4) is 11.5 Å². The number of para-hydroxylation sites is 2. The van der Waals surface area contributed by atoms with Crippen molar-refractivity contribution in [3.05, 3.63) is 29.6 Å². The minimum absolute atomic E-state index is 0.0821. The van der Waals surface area contributed by atoms with Crippen molar-refractivity contribution in [2.45, 2.75) is 0 Å². The minimum Gasteiger partial charge on any atom is -0.326 e. The molecule has 1 amide bonds. The number of anilines is 1. The summed E-state index contributed by atoms with van der Waals surface area (Å²) in [4.78, 5) is 20.2. The van der Waals surface area contributed by atoms with E-state index < -0.39 is 0 Å². The molecule has 3 rings (SSSR count). The molecule has 2 heterocycles. The first-order valence-electron chi connectivity index (χ1n) is 5.92. The van der Waals surface area contributed by atoms with Crippen LogP contribution < -0.4 is 5.32 Å². The van der Waals surface area contributed by atoms with E-state index in [-0.39, 0.29) is 11.8 Å². The van der Waals surface area contributed by atoms with Crippen molar-refractivity contribution in [1.29, 1.82) is 0 Å². The van der Waals surface area contributed by atoms with Gasteiger partial charge in [0.2, 0.25) is 5.91 Å². The van der Waals surface area contributed by atoms with Crippen LogP contribution in [0.4, 0.5) is 5.13 Å². The number of benzene rings is 1. The maximum Gasteiger partial charge on any atom is 0.241 e. The van der Waals surface area contributed by atoms with Gasteiger partial charge in [-0.05, 0) is 12.1 Å². The van der Waals surface area contributed by atoms with Crippen molar-refractivity contribution in [1.82, 2.24) is 14.5 Å². The van der Waals surface area contributed by atoms with E-state index in [9.17, 15) is 4.79 Å². The lowest BCUT2D eigenvalue weighted by atomic mass is 10.3. The van der Waals surface area contributed by atoms with E-state index in [0.29, 0.717) is 5.13 Å². The number of amides is 1. The average Bonchev–Trinajstić information content (AvgIpc) is 3.04. The first-order chi connectivity index (χ1) is 9.69. The molecular weight excluding hydrogens is 296 g/mol. The molecule has 1 aromatic carbocycles. The fraction of sp³-hybridized carbons (Fsp3) is 0.154. The molecule has 20 heavy (non-hydrogen) atoms. The van der Waals surface area contributed by atoms with Crippen LogP contribution in [0.1, 0.15) is 0 Å². The number of hydrogen-bond donors (Lipinski definition) is 1. The van der Waals surface area contributed by atoms with Crippen LogP contribution in [0.2, 0.25) is 0 Å². The highest BCUT2D eigenvalue weighted by Crippen LogP contribution is 2.26. The number of aryl methyl sites for hydroxylation is 1. The van der Waals surface area contributed by atoms with Gasteiger partial charge in [-0.2, -0.15) is 0 Å². The fourth-order valence-corrected chi connectivity index (χ4v) is 2.73. The van der Waals surface area contributed by atoms with Gasteiger partial charge in [0, 0.05) is 12.4 Å². The lowest BCUT2D eigenvalue weighted by molar-refractivity contribution is -0.113. The molecule has 7 heteroatoms. The summed E-state index contributed by atoms with van der Waals surface area (Å²) in [5.41, 5.74) is 2.70. The maximum absolute atomic E-state index is 11.2. The number of hydrogen-bond acceptors (Lipinski definition) is 4. The molecule has 0 spiro atoms. The summed E-state index contributed by atoms with van der Waals surface area (Å²) in [6.07, 6.45) is 0. The van der Waals surface area contributed by atoms with Crippen LogP contribution in [-0.2, 0) is 11.8 Å². The number of alkyl halides is 1. The van der Waals surface area contributed by atoms with Crippen molar-refractivity contribution in [2.75, 3.05) is 11.2 Å². The summed E-state index contributed by atoms with van der Waals surface area (Å²) < 4.78 is 1.98. The van der Waals surface area contributed by atoms with Gasteiger partial charge in [-0.3, -0.25) is 4.79 Å². The molecule has 0 saturated heterocycles. The van der Waals surface area contributed by atoms with Gasteiger partial charge in [-0.15, -0.1) is 22.9 Å². The summed E-state index contributed by atoms with van der Waals surface area (Å²) in [6, 6.07) is 7.89. The average molecular weight is 307 g/mol. The number of aromatic nitrogens is 3. The first-order valence-corrected chi connectivity index (χ1v) is 7.33. The zero-order valence-corrected chi connectivity index (χ0v) is 12.2. The standard InChI is InChI=1S/C13H11ClN4OS/c1-18-10-5-3-2-4-8(10)15-12(18)9-7-20-13(16-9)17-11(19)6-14/h2-5,7H,6H2,1H3,(H,16,17,19). The Morgan fingerprint density at radius 2 is 2.20 bits per heavy atom. The highest BCUT2D eigenvalue weighted by atomic mass is 35.5. The molecule has 0 unspecified atom stereocenters. The third-order valence-electron chi connectivity index (χ3n) is 2.89. The van der Waals surface area contributed by atoms with E-state index in [1.165, 1.54) is 11.3 Å². The first kappa shape index (κ1) is 13.1. The predicted octanol–water partition coefficient (Wildman–Crippen LogP) is 2.87. The Morgan fingerprint density at radius 3 is 2.95 bits per heavy atom. The van der Waals surface area contributed by atoms with Gasteiger partial charge in [-0.25, -0.2) is 9.97 Å². The Labute approximate surface area is 124 Å². The Morgan fingerprint density at radius 1 is 1.40 bits per heavy atom. The molecular formula is C13H11ClN4OS. The van der Waals surface area contributed by atoms with E-state index in [4.69, 9.17) is 11.6 Å². The smallest absolute Gasteiger partial charge is 0.241 e. The van der Waals surface area contributed by atoms with Crippen molar-refractivity contribution in [2.24, 2.45) is 7.05 Å². The molecule has 0 atom stereocenters. The second-order valence-electron chi connectivity index (χ2n) is 4.20. The van der Waals surface area contributed by atoms with Crippen LogP contribution in [0.25, 0.3) is 22.6 Å². The number of fused-ring (bicyclic) bond motifs is 1. The quantitative estimate of drug-likeness (QED) is 0.757. The molecule has 0 aliphatic rings. The Hall–Kier alpha value is -1.92. The predicted molar refractivity (Wildman–Crippen MR) is 81.2 cm³/mol. The molecule has 5 nitrogen and oxygen atoms in total. The topological polar surface area (TPSA) is 59.8 Å². The number of rotatable bonds is 3. The van der Waals surface area contributed by atoms with E-state index in [1.807, 2.05) is 41.3 Å². The molecule has 0 aliphatic heterocycles. The Bertz CT molecular complexity index is 780. The van der Waals surface area contributed by atoms with Crippen LogP contribution >= 0.6 is 22.9 Å². The largest absolute Gasteiger partial charge is 0.326 e. The van der Waals surface area contributed by atoms with Crippen molar-refractivity contribution in [3.63, 3.8) is 0 Å². The van der Waals surface area contributed by atoms with Crippen LogP contribution in [-0.4, -0.2) is 26.3 Å². The van der Waals surface area contributed by atoms with Gasteiger partial charge in [0.25, 0.3) is 0 Å². The number of halogens is 1. The number of nitrogens with zero attached hydrogens (tertiary/aromatic N) is 3. The minimum atomic E-state index is -0.266. The zero-order valence-electron chi connectivity index (χ0n) is 10.6. The summed E-state index contributed by atoms with van der Waals surface area (Å²) in [6.45, 7) is 0. The lowest BCUT2D eigenvalue weighted by Crippen LogP contribution is -2.12. The number of imidazole rings is 1. The van der Waals surface area contributed by atoms with Gasteiger partial charge < -0.3 is 9.88 Å². The molecule has 0 aliphatic carbocycles. The lowest BCUT2D eigenvalue weighted by Gasteiger charge is -1.98. The van der Waals surface area contributed by atoms with Crippen molar-refractivity contribution >= 4 is 45.0 Å². The van der Waals surface area contributed by atoms with E-state index in [0.717, 1.165) is 22.6 Å². The molecule has 0 saturated carbocycles. The van der Waals surface area contributed by atoms with E-state index in [2.05, 4.69) is 15.3 Å². The summed E-state index contributed by atoms with van der Waals surface area (Å²) in [5, 5.41) is 5.03. The van der Waals surface area contributed by atoms with Gasteiger partial charge in [0.1, 0.15) is 11.6 Å². The molecule has 102 valence electrons. The summed E-state index contributed by atoms with van der Waals surface area (Å²) in [5.74, 6) is 0.424. The Kier molecular flexibility index (Phi) is 3.42. The summed E-state index contributed by atoms with van der Waals surface area (Å²) in [7, 11) is 1.95. The number of carbonyl (C=O) groups excluding carboxylic acids is 1. The monoisotopic (exact) mass is 306 g/mol. The number of carbonyl (C=O) groups is 1. The third kappa shape index (κ3) is 2.28. The maximum atomic E-state index is 11.2. The molecule has 0 radical (unpaired) electrons. The number of nitrogens with one attached hydrogen (secondary N) is 1. The van der Waals surface area contributed by atoms with E-state index >= 15 is 0 Å². The molecule has 2 aromatic heterocycles. The molecule has 0 fully saturated rings. The number of thiazole rings is 1. The van der Waals surface area contributed by atoms with Crippen LogP contribution in [0.15, 0.2) is 29.6 Å². The molecule has 3 aromatic rings. The van der Waals surface area contributed by atoms with Gasteiger partial charge >= 0.3 is 0 Å². The zero-order chi connectivity index (χ0) is 14.1. The molecule has 1 N–H and O–H groups in total. The highest BCUT2D eigenvalue weighted by molar-refractivity contribution is 7.14. The van der Waals surface area contributed by atoms with Gasteiger partial charge in [-0.1, -0.05) is 12.1 Å². The van der Waals surface area contributed by atoms with Crippen molar-refractivity contribution < 1.29 is 4.79 Å². The van der Waals surface area contributed by atoms with E-state index in [1.54, 1.807) is 0 Å². The second kappa shape index (κ2) is 5.22. The van der Waals surface area contributed by atoms with Gasteiger partial charge in [0.15, 0.2) is 11.0 Å². The van der Waals surface area contributed by atoms with Crippen LogP contribution in [0.5, 0.6) is 0 Å². The van der Waals surface area contributed by atoms with Crippen LogP contribution in [0, 0.1) is 0 Å². The fourth-order valence-electron chi connectivity index (χ4n) is 1.96. The van der Waals surface area contributed by atoms with Gasteiger partial charge in [0.05, 0.1) is 11.0 Å². The second-order valence-corrected chi connectivity index (χ2v) is 5.33. The van der Waals surface area contributed by atoms with Crippen LogP contribution in [0.3, 0.4) is 0 Å². The highest BCUT2D eigenvalue weighted by Gasteiger charge is 2.13. The molecule has 0 bridgehead atoms. The third-order valence-corrected chi connectivity index (χ3v) is 3.89. The summed E-state index contributed by atoms with van der Waals surface area (Å²) >= 11 is 6.80.